The van der Waals surface area contributed by atoms with E-state index >= 15 is 0 Å². The lowest BCUT2D eigenvalue weighted by Gasteiger charge is -2.52. The van der Waals surface area contributed by atoms with Crippen LogP contribution >= 0.6 is 11.6 Å². The predicted molar refractivity (Wildman–Crippen MR) is 217 cm³/mol. The van der Waals surface area contributed by atoms with Crippen LogP contribution in [0.3, 0.4) is 0 Å². The molecule has 6 aliphatic rings. The summed E-state index contributed by atoms with van der Waals surface area (Å²) < 4.78 is 48.8. The fraction of sp³-hybridized carbons (Fsp3) is 0.651. The molecular formula is C43H59ClN4O6S. The van der Waals surface area contributed by atoms with Gasteiger partial charge in [0, 0.05) is 61.9 Å². The average Bonchev–Trinajstić information content (AvgIpc) is 3.32. The van der Waals surface area contributed by atoms with Crippen molar-refractivity contribution >= 4 is 33.2 Å². The van der Waals surface area contributed by atoms with Crippen LogP contribution in [-0.2, 0) is 31.3 Å². The van der Waals surface area contributed by atoms with Crippen LogP contribution in [0.25, 0.3) is 0 Å². The van der Waals surface area contributed by atoms with Crippen LogP contribution in [0.1, 0.15) is 80.3 Å². The van der Waals surface area contributed by atoms with Gasteiger partial charge in [0.15, 0.2) is 0 Å². The molecule has 2 bridgehead atoms. The second kappa shape index (κ2) is 15.9. The van der Waals surface area contributed by atoms with E-state index in [4.69, 9.17) is 25.8 Å². The number of rotatable bonds is 4. The van der Waals surface area contributed by atoms with Crippen molar-refractivity contribution in [3.8, 4) is 5.75 Å². The molecule has 6 atom stereocenters. The molecule has 12 heteroatoms. The molecule has 8 rings (SSSR count). The van der Waals surface area contributed by atoms with Crippen LogP contribution in [0.4, 0.5) is 5.69 Å². The van der Waals surface area contributed by atoms with E-state index in [9.17, 15) is 13.2 Å². The first-order valence-electron chi connectivity index (χ1n) is 20.6. The number of benzene rings is 2. The van der Waals surface area contributed by atoms with Gasteiger partial charge < -0.3 is 24.0 Å². The lowest BCUT2D eigenvalue weighted by molar-refractivity contribution is -0.0962. The van der Waals surface area contributed by atoms with Crippen molar-refractivity contribution in [2.75, 3.05) is 77.6 Å². The van der Waals surface area contributed by atoms with Gasteiger partial charge in [0.1, 0.15) is 11.4 Å². The van der Waals surface area contributed by atoms with Crippen molar-refractivity contribution < 1.29 is 27.4 Å². The predicted octanol–water partition coefficient (Wildman–Crippen LogP) is 6.07. The third-order valence-corrected chi connectivity index (χ3v) is 16.4. The van der Waals surface area contributed by atoms with E-state index in [1.807, 2.05) is 32.2 Å². The van der Waals surface area contributed by atoms with Crippen LogP contribution in [0.5, 0.6) is 5.75 Å². The highest BCUT2D eigenvalue weighted by atomic mass is 35.5. The Balaban J connectivity index is 1.15. The third-order valence-electron chi connectivity index (χ3n) is 14.2. The number of piperidine rings is 1. The van der Waals surface area contributed by atoms with E-state index in [0.29, 0.717) is 30.6 Å². The van der Waals surface area contributed by atoms with Gasteiger partial charge in [-0.1, -0.05) is 36.7 Å². The number of hydrogen-bond donors (Lipinski definition) is 1. The van der Waals surface area contributed by atoms with Crippen LogP contribution in [0.2, 0.25) is 5.02 Å². The Morgan fingerprint density at radius 3 is 2.56 bits per heavy atom. The van der Waals surface area contributed by atoms with E-state index < -0.39 is 26.8 Å². The van der Waals surface area contributed by atoms with Crippen LogP contribution < -0.4 is 14.4 Å². The summed E-state index contributed by atoms with van der Waals surface area (Å²) in [4.78, 5) is 21.3. The Morgan fingerprint density at radius 1 is 1.02 bits per heavy atom. The molecule has 1 spiro atoms. The summed E-state index contributed by atoms with van der Waals surface area (Å²) >= 11 is 6.52. The summed E-state index contributed by atoms with van der Waals surface area (Å²) in [5.41, 5.74) is 2.92. The molecule has 300 valence electrons. The molecule has 3 fully saturated rings. The number of allylic oxidation sites excluding steroid dienone is 1. The van der Waals surface area contributed by atoms with E-state index in [1.165, 1.54) is 11.1 Å². The second-order valence-corrected chi connectivity index (χ2v) is 19.8. The highest BCUT2D eigenvalue weighted by Gasteiger charge is 2.50. The molecule has 2 aliphatic carbocycles. The van der Waals surface area contributed by atoms with Gasteiger partial charge in [-0.3, -0.25) is 9.69 Å². The molecule has 10 nitrogen and oxygen atoms in total. The fourth-order valence-corrected chi connectivity index (χ4v) is 12.0. The molecular weight excluding hydrogens is 736 g/mol. The molecule has 0 aromatic heterocycles. The number of sulfonamides is 1. The standard InChI is InChI=1S/C43H59ClN4O6S/c1-30-6-4-17-43(52-3,28-46-18-14-36(15-19-46)47-20-22-53-23-21-47)38-11-8-34(38)26-48-27-42(16-5-7-32-24-35(44)10-12-37(32)42)29-54-40-13-9-33(25-39(40)48)41(49)45-55(50,51)31(30)2/h4,9-10,12-13,17,24-25,30-31,34,36,38H,5-8,11,14-16,18-23,26-29H2,1-3H3,(H,45,49)/b17-4-/t30-,31+,34-,38+,42-,43-/m0/s1. The van der Waals surface area contributed by atoms with Gasteiger partial charge in [0.2, 0.25) is 10.0 Å². The maximum absolute atomic E-state index is 13.7. The van der Waals surface area contributed by atoms with E-state index in [-0.39, 0.29) is 17.3 Å². The lowest BCUT2D eigenvalue weighted by atomic mass is 9.63. The van der Waals surface area contributed by atoms with Crippen molar-refractivity contribution in [2.45, 2.75) is 87.5 Å². The highest BCUT2D eigenvalue weighted by Crippen LogP contribution is 2.49. The normalized spacial score (nSPS) is 34.0. The first kappa shape index (κ1) is 39.2. The molecule has 1 saturated carbocycles. The van der Waals surface area contributed by atoms with E-state index in [0.717, 1.165) is 120 Å². The molecule has 4 heterocycles. The number of carbonyl (C=O) groups is 1. The zero-order valence-corrected chi connectivity index (χ0v) is 34.4. The maximum Gasteiger partial charge on any atom is 0.264 e. The van der Waals surface area contributed by atoms with Crippen molar-refractivity contribution in [3.05, 3.63) is 70.3 Å². The summed E-state index contributed by atoms with van der Waals surface area (Å²) in [5, 5.41) is -0.0263. The van der Waals surface area contributed by atoms with Crippen molar-refractivity contribution in [2.24, 2.45) is 17.8 Å². The molecule has 2 aromatic carbocycles. The number of ether oxygens (including phenoxy) is 3. The van der Waals surface area contributed by atoms with Gasteiger partial charge in [-0.05, 0) is 131 Å². The molecule has 1 N–H and O–H groups in total. The molecule has 2 saturated heterocycles. The zero-order chi connectivity index (χ0) is 38.4. The van der Waals surface area contributed by atoms with Gasteiger partial charge in [-0.2, -0.15) is 0 Å². The number of aryl methyl sites for hydroxylation is 1. The van der Waals surface area contributed by atoms with Gasteiger partial charge in [-0.15, -0.1) is 0 Å². The molecule has 1 amide bonds. The first-order valence-corrected chi connectivity index (χ1v) is 22.6. The van der Waals surface area contributed by atoms with Crippen LogP contribution in [0, 0.1) is 17.8 Å². The zero-order valence-electron chi connectivity index (χ0n) is 32.8. The number of nitrogens with one attached hydrogen (secondary N) is 1. The number of carbonyl (C=O) groups excluding carboxylic acids is 1. The SMILES string of the molecule is CO[C@]1(CN2CCC(N3CCOCC3)CC2)/C=C\C[C@H](C)[C@@H](C)S(=O)(=O)NC(=O)c2ccc3c(c2)N(C[C@@H]2CC[C@H]21)C[C@@]1(CCCc2cc(Cl)ccc21)CO3. The monoisotopic (exact) mass is 794 g/mol. The Labute approximate surface area is 332 Å². The number of fused-ring (bicyclic) bond motifs is 4. The Morgan fingerprint density at radius 2 is 1.82 bits per heavy atom. The number of nitrogens with zero attached hydrogens (tertiary/aromatic N) is 3. The van der Waals surface area contributed by atoms with E-state index in [1.54, 1.807) is 13.0 Å². The highest BCUT2D eigenvalue weighted by molar-refractivity contribution is 7.90. The third kappa shape index (κ3) is 7.83. The summed E-state index contributed by atoms with van der Waals surface area (Å²) in [6.45, 7) is 12.2. The minimum Gasteiger partial charge on any atom is -0.490 e. The number of halogens is 1. The van der Waals surface area contributed by atoms with Gasteiger partial charge in [0.05, 0.1) is 30.8 Å². The minimum absolute atomic E-state index is 0.217. The Hall–Kier alpha value is -2.67. The second-order valence-electron chi connectivity index (χ2n) is 17.3. The fourth-order valence-electron chi connectivity index (χ4n) is 10.5. The Bertz CT molecular complexity index is 1860. The maximum atomic E-state index is 13.7. The number of likely N-dealkylation sites (tertiary alicyclic amines) is 1. The number of anilines is 1. The summed E-state index contributed by atoms with van der Waals surface area (Å²) in [6.07, 6.45) is 12.4. The smallest absolute Gasteiger partial charge is 0.264 e. The van der Waals surface area contributed by atoms with Gasteiger partial charge in [-0.25, -0.2) is 13.1 Å². The average molecular weight is 795 g/mol. The first-order chi connectivity index (χ1) is 26.5. The van der Waals surface area contributed by atoms with Gasteiger partial charge >= 0.3 is 0 Å². The molecule has 55 heavy (non-hydrogen) atoms. The quantitative estimate of drug-likeness (QED) is 0.370. The largest absolute Gasteiger partial charge is 0.490 e. The number of morpholine rings is 1. The van der Waals surface area contributed by atoms with Crippen molar-refractivity contribution in [3.63, 3.8) is 0 Å². The summed E-state index contributed by atoms with van der Waals surface area (Å²) in [7, 11) is -2.09. The van der Waals surface area contributed by atoms with Crippen molar-refractivity contribution in [1.82, 2.24) is 14.5 Å². The molecule has 0 radical (unpaired) electrons. The molecule has 0 unspecified atom stereocenters. The summed E-state index contributed by atoms with van der Waals surface area (Å²) in [6, 6.07) is 12.3. The van der Waals surface area contributed by atoms with Crippen LogP contribution in [-0.4, -0.2) is 114 Å². The van der Waals surface area contributed by atoms with E-state index in [2.05, 4.69) is 43.7 Å². The minimum atomic E-state index is -3.96. The van der Waals surface area contributed by atoms with Crippen LogP contribution in [0.15, 0.2) is 48.6 Å². The lowest BCUT2D eigenvalue weighted by Crippen LogP contribution is -2.58. The van der Waals surface area contributed by atoms with Crippen molar-refractivity contribution in [1.29, 1.82) is 0 Å². The number of amides is 1. The molecule has 2 aromatic rings. The molecule has 4 aliphatic heterocycles. The number of hydrogen-bond acceptors (Lipinski definition) is 9. The van der Waals surface area contributed by atoms with Gasteiger partial charge in [0.25, 0.3) is 5.91 Å². The number of methoxy groups -OCH3 is 1. The topological polar surface area (TPSA) is 101 Å². The Kier molecular flexibility index (Phi) is 11.3. The summed E-state index contributed by atoms with van der Waals surface area (Å²) in [5.74, 6) is 0.498.